The largest absolute Gasteiger partial charge is 0.265 e. The normalized spacial score (nSPS) is 10.9. The third-order valence-electron chi connectivity index (χ3n) is 3.88. The topological polar surface area (TPSA) is 54.5 Å². The van der Waals surface area contributed by atoms with Crippen molar-refractivity contribution in [1.29, 1.82) is 5.26 Å². The molecule has 0 N–H and O–H groups in total. The van der Waals surface area contributed by atoms with Gasteiger partial charge in [0, 0.05) is 40.3 Å². The molecular formula is C20H18ClN4S. The van der Waals surface area contributed by atoms with Gasteiger partial charge in [-0.25, -0.2) is 0 Å². The lowest BCUT2D eigenvalue weighted by Crippen LogP contribution is -2.05. The van der Waals surface area contributed by atoms with Gasteiger partial charge in [-0.3, -0.25) is 9.67 Å². The number of benzene rings is 1. The maximum Gasteiger partial charge on any atom is 0.103 e. The van der Waals surface area contributed by atoms with E-state index in [9.17, 15) is 5.26 Å². The number of nitrogens with zero attached hydrogens (tertiary/aromatic N) is 4. The first kappa shape index (κ1) is 18.5. The summed E-state index contributed by atoms with van der Waals surface area (Å²) in [6.07, 6.45) is 4.30. The summed E-state index contributed by atoms with van der Waals surface area (Å²) in [5, 5.41) is 15.4. The Labute approximate surface area is 162 Å². The molecule has 1 radical (unpaired) electrons. The van der Waals surface area contributed by atoms with Crippen LogP contribution in [-0.4, -0.2) is 14.8 Å². The standard InChI is InChI=1S/C20H18ClN4S/c1-13(2)25-20(26-18-9-16(12-22)8-17(21)11-18)19(14(3)24-25)10-15-4-6-23-7-5-15/h4-9,11,13H,3,10H2,1-2H3. The van der Waals surface area contributed by atoms with Crippen molar-refractivity contribution in [3.8, 4) is 6.07 Å². The second-order valence-electron chi connectivity index (χ2n) is 6.19. The van der Waals surface area contributed by atoms with Gasteiger partial charge in [-0.15, -0.1) is 0 Å². The molecule has 0 bridgehead atoms. The molecule has 0 unspecified atom stereocenters. The summed E-state index contributed by atoms with van der Waals surface area (Å²) in [7, 11) is 0. The molecule has 0 spiro atoms. The molecule has 2 aromatic heterocycles. The highest BCUT2D eigenvalue weighted by Crippen LogP contribution is 2.36. The van der Waals surface area contributed by atoms with Crippen LogP contribution < -0.4 is 0 Å². The van der Waals surface area contributed by atoms with Gasteiger partial charge in [-0.2, -0.15) is 10.4 Å². The highest BCUT2D eigenvalue weighted by atomic mass is 35.5. The molecule has 3 rings (SSSR count). The summed E-state index contributed by atoms with van der Waals surface area (Å²) in [6, 6.07) is 11.7. The van der Waals surface area contributed by atoms with Gasteiger partial charge in [0.05, 0.1) is 17.3 Å². The fourth-order valence-electron chi connectivity index (χ4n) is 2.64. The van der Waals surface area contributed by atoms with Crippen molar-refractivity contribution in [3.63, 3.8) is 0 Å². The van der Waals surface area contributed by atoms with E-state index >= 15 is 0 Å². The smallest absolute Gasteiger partial charge is 0.103 e. The SMILES string of the molecule is [CH2]c1nn(C(C)C)c(Sc2cc(Cl)cc(C#N)c2)c1Cc1ccncc1. The molecule has 2 heterocycles. The molecule has 26 heavy (non-hydrogen) atoms. The minimum atomic E-state index is 0.193. The van der Waals surface area contributed by atoms with E-state index in [-0.39, 0.29) is 6.04 Å². The Balaban J connectivity index is 2.04. The van der Waals surface area contributed by atoms with Crippen molar-refractivity contribution in [2.45, 2.75) is 36.2 Å². The van der Waals surface area contributed by atoms with Gasteiger partial charge in [0.25, 0.3) is 0 Å². The van der Waals surface area contributed by atoms with Crippen LogP contribution in [0.25, 0.3) is 0 Å². The van der Waals surface area contributed by atoms with Crippen molar-refractivity contribution in [1.82, 2.24) is 14.8 Å². The molecular weight excluding hydrogens is 364 g/mol. The van der Waals surface area contributed by atoms with Crippen LogP contribution in [-0.2, 0) is 6.42 Å². The van der Waals surface area contributed by atoms with E-state index in [2.05, 4.69) is 36.9 Å². The highest BCUT2D eigenvalue weighted by molar-refractivity contribution is 7.99. The Morgan fingerprint density at radius 1 is 1.27 bits per heavy atom. The third-order valence-corrected chi connectivity index (χ3v) is 5.19. The summed E-state index contributed by atoms with van der Waals surface area (Å²) in [4.78, 5) is 4.98. The van der Waals surface area contributed by atoms with E-state index < -0.39 is 0 Å². The quantitative estimate of drug-likeness (QED) is 0.601. The maximum absolute atomic E-state index is 9.20. The van der Waals surface area contributed by atoms with Gasteiger partial charge >= 0.3 is 0 Å². The van der Waals surface area contributed by atoms with Gasteiger partial charge < -0.3 is 0 Å². The van der Waals surface area contributed by atoms with E-state index in [1.54, 1.807) is 30.2 Å². The van der Waals surface area contributed by atoms with Gasteiger partial charge in [0.1, 0.15) is 5.03 Å². The van der Waals surface area contributed by atoms with Gasteiger partial charge in [0.2, 0.25) is 0 Å². The lowest BCUT2D eigenvalue weighted by atomic mass is 10.1. The van der Waals surface area contributed by atoms with Crippen molar-refractivity contribution in [3.05, 3.63) is 77.1 Å². The number of rotatable bonds is 5. The highest BCUT2D eigenvalue weighted by Gasteiger charge is 2.19. The number of hydrogen-bond acceptors (Lipinski definition) is 4. The number of pyridine rings is 1. The van der Waals surface area contributed by atoms with E-state index in [1.807, 2.05) is 28.9 Å². The van der Waals surface area contributed by atoms with Crippen LogP contribution in [0.4, 0.5) is 0 Å². The Morgan fingerprint density at radius 3 is 2.65 bits per heavy atom. The molecule has 6 heteroatoms. The van der Waals surface area contributed by atoms with Crippen molar-refractivity contribution < 1.29 is 0 Å². The lowest BCUT2D eigenvalue weighted by molar-refractivity contribution is 0.490. The molecule has 1 aromatic carbocycles. The molecule has 131 valence electrons. The van der Waals surface area contributed by atoms with E-state index in [1.165, 1.54) is 0 Å². The minimum absolute atomic E-state index is 0.193. The lowest BCUT2D eigenvalue weighted by Gasteiger charge is -2.13. The predicted molar refractivity (Wildman–Crippen MR) is 104 cm³/mol. The van der Waals surface area contributed by atoms with Crippen LogP contribution in [0.1, 0.15) is 42.3 Å². The van der Waals surface area contributed by atoms with Crippen LogP contribution in [0.3, 0.4) is 0 Å². The Morgan fingerprint density at radius 2 is 2.00 bits per heavy atom. The second kappa shape index (κ2) is 7.94. The average molecular weight is 382 g/mol. The van der Waals surface area contributed by atoms with Crippen LogP contribution in [0.2, 0.25) is 5.02 Å². The first-order valence-electron chi connectivity index (χ1n) is 8.18. The minimum Gasteiger partial charge on any atom is -0.265 e. The Bertz CT molecular complexity index is 958. The summed E-state index contributed by atoms with van der Waals surface area (Å²) in [5.41, 5.74) is 3.54. The van der Waals surface area contributed by atoms with Gasteiger partial charge in [-0.05, 0) is 56.7 Å². The summed E-state index contributed by atoms with van der Waals surface area (Å²) in [5.74, 6) is 0. The average Bonchev–Trinajstić information content (AvgIpc) is 2.92. The van der Waals surface area contributed by atoms with E-state index in [4.69, 9.17) is 11.6 Å². The number of nitriles is 1. The van der Waals surface area contributed by atoms with Crippen molar-refractivity contribution in [2.75, 3.05) is 0 Å². The van der Waals surface area contributed by atoms with Crippen LogP contribution in [0.15, 0.2) is 52.6 Å². The Hall–Kier alpha value is -2.29. The van der Waals surface area contributed by atoms with E-state index in [0.29, 0.717) is 10.6 Å². The molecule has 0 saturated heterocycles. The molecule has 0 saturated carbocycles. The maximum atomic E-state index is 9.20. The number of aromatic nitrogens is 3. The zero-order valence-electron chi connectivity index (χ0n) is 14.6. The monoisotopic (exact) mass is 381 g/mol. The van der Waals surface area contributed by atoms with E-state index in [0.717, 1.165) is 33.2 Å². The molecule has 4 nitrogen and oxygen atoms in total. The van der Waals surface area contributed by atoms with Gasteiger partial charge in [0.15, 0.2) is 0 Å². The molecule has 0 amide bonds. The zero-order chi connectivity index (χ0) is 18.7. The third kappa shape index (κ3) is 4.09. The van der Waals surface area contributed by atoms with Crippen LogP contribution in [0.5, 0.6) is 0 Å². The van der Waals surface area contributed by atoms with Crippen LogP contribution in [0, 0.1) is 18.3 Å². The first-order valence-corrected chi connectivity index (χ1v) is 9.38. The molecule has 0 fully saturated rings. The first-order chi connectivity index (χ1) is 12.5. The van der Waals surface area contributed by atoms with Gasteiger partial charge in [-0.1, -0.05) is 23.4 Å². The predicted octanol–water partition coefficient (Wildman–Crippen LogP) is 5.31. The zero-order valence-corrected chi connectivity index (χ0v) is 16.2. The molecule has 0 atom stereocenters. The molecule has 3 aromatic rings. The van der Waals surface area contributed by atoms with Crippen LogP contribution >= 0.6 is 23.4 Å². The van der Waals surface area contributed by atoms with Crippen molar-refractivity contribution in [2.24, 2.45) is 0 Å². The fraction of sp³-hybridized carbons (Fsp3) is 0.200. The van der Waals surface area contributed by atoms with Crippen molar-refractivity contribution >= 4 is 23.4 Å². The second-order valence-corrected chi connectivity index (χ2v) is 7.69. The number of halogens is 1. The fourth-order valence-corrected chi connectivity index (χ4v) is 4.19. The summed E-state index contributed by atoms with van der Waals surface area (Å²) >= 11 is 7.73. The molecule has 0 aliphatic rings. The molecule has 0 aliphatic heterocycles. The Kier molecular flexibility index (Phi) is 5.65. The number of hydrogen-bond donors (Lipinski definition) is 0. The summed E-state index contributed by atoms with van der Waals surface area (Å²) in [6.45, 7) is 8.31. The summed E-state index contributed by atoms with van der Waals surface area (Å²) < 4.78 is 1.98. The molecule has 0 aliphatic carbocycles.